The van der Waals surface area contributed by atoms with Gasteiger partial charge in [0, 0.05) is 12.7 Å². The Morgan fingerprint density at radius 1 is 1.50 bits per heavy atom. The van der Waals surface area contributed by atoms with Crippen LogP contribution in [0.25, 0.3) is 0 Å². The molecule has 1 atom stereocenters. The van der Waals surface area contributed by atoms with Gasteiger partial charge < -0.3 is 10.1 Å². The van der Waals surface area contributed by atoms with E-state index in [0.29, 0.717) is 19.6 Å². The molecule has 1 aliphatic rings. The van der Waals surface area contributed by atoms with E-state index in [-0.39, 0.29) is 0 Å². The van der Waals surface area contributed by atoms with Crippen molar-refractivity contribution in [1.29, 1.82) is 0 Å². The van der Waals surface area contributed by atoms with Crippen molar-refractivity contribution < 1.29 is 18.4 Å². The van der Waals surface area contributed by atoms with E-state index in [0.717, 1.165) is 12.1 Å². The standard InChI is InChI=1S/C11H12F2N2O3/c1-11(4-5-18-6-11)14-10-8(15(16)17)3-2-7(12)9(10)13/h2-3,14H,4-6H2,1H3. The van der Waals surface area contributed by atoms with E-state index >= 15 is 0 Å². The number of hydrogen-bond donors (Lipinski definition) is 1. The van der Waals surface area contributed by atoms with Crippen LogP contribution in [0.4, 0.5) is 20.2 Å². The zero-order chi connectivity index (χ0) is 13.3. The van der Waals surface area contributed by atoms with Crippen LogP contribution in [-0.2, 0) is 4.74 Å². The van der Waals surface area contributed by atoms with E-state index in [1.54, 1.807) is 6.92 Å². The molecule has 1 aromatic rings. The molecule has 0 radical (unpaired) electrons. The van der Waals surface area contributed by atoms with E-state index in [9.17, 15) is 18.9 Å². The van der Waals surface area contributed by atoms with Crippen LogP contribution in [0.2, 0.25) is 0 Å². The number of rotatable bonds is 3. The van der Waals surface area contributed by atoms with Crippen molar-refractivity contribution >= 4 is 11.4 Å². The van der Waals surface area contributed by atoms with Crippen molar-refractivity contribution in [2.45, 2.75) is 18.9 Å². The van der Waals surface area contributed by atoms with Gasteiger partial charge in [-0.05, 0) is 19.4 Å². The average Bonchev–Trinajstić information content (AvgIpc) is 2.72. The molecule has 0 aromatic heterocycles. The van der Waals surface area contributed by atoms with Crippen LogP contribution in [0.15, 0.2) is 12.1 Å². The number of hydrogen-bond acceptors (Lipinski definition) is 4. The number of anilines is 1. The Balaban J connectivity index is 2.41. The number of nitrogens with one attached hydrogen (secondary N) is 1. The van der Waals surface area contributed by atoms with Gasteiger partial charge in [0.1, 0.15) is 0 Å². The summed E-state index contributed by atoms with van der Waals surface area (Å²) in [7, 11) is 0. The number of ether oxygens (including phenoxy) is 1. The number of benzene rings is 1. The minimum atomic E-state index is -1.24. The lowest BCUT2D eigenvalue weighted by Gasteiger charge is -2.25. The first-order chi connectivity index (χ1) is 8.43. The van der Waals surface area contributed by atoms with Gasteiger partial charge >= 0.3 is 0 Å². The normalized spacial score (nSPS) is 23.1. The molecule has 1 aromatic carbocycles. The Hall–Kier alpha value is -1.76. The first kappa shape index (κ1) is 12.7. The minimum Gasteiger partial charge on any atom is -0.379 e. The molecule has 18 heavy (non-hydrogen) atoms. The van der Waals surface area contributed by atoms with Crippen molar-refractivity contribution in [2.75, 3.05) is 18.5 Å². The van der Waals surface area contributed by atoms with Crippen LogP contribution in [0.1, 0.15) is 13.3 Å². The highest BCUT2D eigenvalue weighted by Gasteiger charge is 2.33. The summed E-state index contributed by atoms with van der Waals surface area (Å²) < 4.78 is 32.0. The first-order valence-electron chi connectivity index (χ1n) is 5.41. The lowest BCUT2D eigenvalue weighted by Crippen LogP contribution is -2.35. The average molecular weight is 258 g/mol. The van der Waals surface area contributed by atoms with Crippen LogP contribution in [0.3, 0.4) is 0 Å². The Morgan fingerprint density at radius 3 is 2.78 bits per heavy atom. The molecule has 7 heteroatoms. The number of nitro benzene ring substituents is 1. The van der Waals surface area contributed by atoms with Gasteiger partial charge in [-0.1, -0.05) is 0 Å². The molecule has 0 aliphatic carbocycles. The molecule has 5 nitrogen and oxygen atoms in total. The summed E-state index contributed by atoms with van der Waals surface area (Å²) in [5, 5.41) is 13.5. The summed E-state index contributed by atoms with van der Waals surface area (Å²) in [5.74, 6) is -2.36. The molecule has 0 bridgehead atoms. The molecule has 0 amide bonds. The topological polar surface area (TPSA) is 64.4 Å². The summed E-state index contributed by atoms with van der Waals surface area (Å²) >= 11 is 0. The maximum Gasteiger partial charge on any atom is 0.295 e. The fourth-order valence-corrected chi connectivity index (χ4v) is 1.88. The smallest absolute Gasteiger partial charge is 0.295 e. The molecule has 1 fully saturated rings. The van der Waals surface area contributed by atoms with Gasteiger partial charge in [-0.2, -0.15) is 0 Å². The lowest BCUT2D eigenvalue weighted by atomic mass is 10.0. The molecule has 1 heterocycles. The van der Waals surface area contributed by atoms with Gasteiger partial charge in [-0.25, -0.2) is 8.78 Å². The van der Waals surface area contributed by atoms with Gasteiger partial charge in [0.15, 0.2) is 17.3 Å². The highest BCUT2D eigenvalue weighted by Crippen LogP contribution is 2.33. The summed E-state index contributed by atoms with van der Waals surface area (Å²) in [6.45, 7) is 2.52. The molecule has 98 valence electrons. The highest BCUT2D eigenvalue weighted by molar-refractivity contribution is 5.63. The second-order valence-corrected chi connectivity index (χ2v) is 4.50. The number of nitro groups is 1. The molecule has 1 aliphatic heterocycles. The van der Waals surface area contributed by atoms with Crippen LogP contribution in [0, 0.1) is 21.7 Å². The van der Waals surface area contributed by atoms with E-state index < -0.39 is 33.5 Å². The minimum absolute atomic E-state index is 0.292. The van der Waals surface area contributed by atoms with E-state index in [1.165, 1.54) is 0 Å². The maximum atomic E-state index is 13.7. The van der Waals surface area contributed by atoms with E-state index in [2.05, 4.69) is 5.32 Å². The molecular formula is C11H12F2N2O3. The monoisotopic (exact) mass is 258 g/mol. The molecule has 1 N–H and O–H groups in total. The Morgan fingerprint density at radius 2 is 2.22 bits per heavy atom. The summed E-state index contributed by atoms with van der Waals surface area (Å²) in [5.41, 5.74) is -1.53. The van der Waals surface area contributed by atoms with E-state index in [1.807, 2.05) is 0 Å². The van der Waals surface area contributed by atoms with Crippen molar-refractivity contribution in [3.8, 4) is 0 Å². The maximum absolute atomic E-state index is 13.7. The van der Waals surface area contributed by atoms with Gasteiger partial charge in [-0.3, -0.25) is 10.1 Å². The van der Waals surface area contributed by atoms with E-state index in [4.69, 9.17) is 4.74 Å². The van der Waals surface area contributed by atoms with Crippen LogP contribution in [-0.4, -0.2) is 23.7 Å². The van der Waals surface area contributed by atoms with Crippen molar-refractivity contribution in [2.24, 2.45) is 0 Å². The lowest BCUT2D eigenvalue weighted by molar-refractivity contribution is -0.384. The Bertz CT molecular complexity index is 487. The third-order valence-electron chi connectivity index (χ3n) is 2.92. The fraction of sp³-hybridized carbons (Fsp3) is 0.455. The van der Waals surface area contributed by atoms with Crippen LogP contribution < -0.4 is 5.32 Å². The van der Waals surface area contributed by atoms with Crippen molar-refractivity contribution in [3.63, 3.8) is 0 Å². The SMILES string of the molecule is CC1(Nc2c([N+](=O)[O-])ccc(F)c2F)CCOC1. The second-order valence-electron chi connectivity index (χ2n) is 4.50. The Labute approximate surface area is 102 Å². The molecule has 2 rings (SSSR count). The molecule has 1 saturated heterocycles. The molecule has 0 saturated carbocycles. The van der Waals surface area contributed by atoms with Gasteiger partial charge in [-0.15, -0.1) is 0 Å². The highest BCUT2D eigenvalue weighted by atomic mass is 19.2. The summed E-state index contributed by atoms with van der Waals surface area (Å²) in [4.78, 5) is 10.1. The molecular weight excluding hydrogens is 246 g/mol. The third-order valence-corrected chi connectivity index (χ3v) is 2.92. The van der Waals surface area contributed by atoms with Crippen LogP contribution >= 0.6 is 0 Å². The van der Waals surface area contributed by atoms with Gasteiger partial charge in [0.05, 0.1) is 17.1 Å². The largest absolute Gasteiger partial charge is 0.379 e. The second kappa shape index (κ2) is 4.49. The summed E-state index contributed by atoms with van der Waals surface area (Å²) in [6.07, 6.45) is 0.570. The van der Waals surface area contributed by atoms with Crippen molar-refractivity contribution in [1.82, 2.24) is 0 Å². The number of halogens is 2. The first-order valence-corrected chi connectivity index (χ1v) is 5.41. The molecule has 1 unspecified atom stereocenters. The van der Waals surface area contributed by atoms with Gasteiger partial charge in [0.2, 0.25) is 0 Å². The number of nitrogens with zero attached hydrogens (tertiary/aromatic N) is 1. The predicted octanol–water partition coefficient (Wildman–Crippen LogP) is 2.46. The zero-order valence-corrected chi connectivity index (χ0v) is 9.70. The predicted molar refractivity (Wildman–Crippen MR) is 60.5 cm³/mol. The third kappa shape index (κ3) is 2.26. The Kier molecular flexibility index (Phi) is 3.16. The fourth-order valence-electron chi connectivity index (χ4n) is 1.88. The van der Waals surface area contributed by atoms with Gasteiger partial charge in [0.25, 0.3) is 5.69 Å². The zero-order valence-electron chi connectivity index (χ0n) is 9.70. The molecule has 0 spiro atoms. The van der Waals surface area contributed by atoms with Crippen LogP contribution in [0.5, 0.6) is 0 Å². The quantitative estimate of drug-likeness (QED) is 0.668. The summed E-state index contributed by atoms with van der Waals surface area (Å²) in [6, 6.07) is 1.69. The van der Waals surface area contributed by atoms with Crippen molar-refractivity contribution in [3.05, 3.63) is 33.9 Å².